The molecular formula is C11H24N2O. The molecule has 0 saturated carbocycles. The average molecular weight is 200 g/mol. The Morgan fingerprint density at radius 3 is 3.07 bits per heavy atom. The minimum absolute atomic E-state index is 0.366. The molecule has 0 spiro atoms. The van der Waals surface area contributed by atoms with Crippen LogP contribution in [0.5, 0.6) is 0 Å². The van der Waals surface area contributed by atoms with Gasteiger partial charge in [-0.3, -0.25) is 4.90 Å². The lowest BCUT2D eigenvalue weighted by molar-refractivity contribution is 0.0457. The molecule has 2 atom stereocenters. The molecule has 1 fully saturated rings. The van der Waals surface area contributed by atoms with Gasteiger partial charge in [-0.05, 0) is 40.3 Å². The molecule has 0 radical (unpaired) electrons. The quantitative estimate of drug-likeness (QED) is 0.735. The highest BCUT2D eigenvalue weighted by atomic mass is 16.5. The summed E-state index contributed by atoms with van der Waals surface area (Å²) in [6, 6.07) is 0.617. The fourth-order valence-electron chi connectivity index (χ4n) is 2.06. The Morgan fingerprint density at radius 2 is 2.36 bits per heavy atom. The summed E-state index contributed by atoms with van der Waals surface area (Å²) in [5.74, 6) is 0. The molecule has 0 aromatic carbocycles. The molecule has 0 amide bonds. The number of hydrogen-bond acceptors (Lipinski definition) is 3. The van der Waals surface area contributed by atoms with Crippen LogP contribution in [0.15, 0.2) is 0 Å². The molecular weight excluding hydrogens is 176 g/mol. The second-order valence-corrected chi connectivity index (χ2v) is 4.23. The van der Waals surface area contributed by atoms with Crippen LogP contribution in [-0.2, 0) is 4.74 Å². The van der Waals surface area contributed by atoms with Crippen LogP contribution in [0.2, 0.25) is 0 Å². The van der Waals surface area contributed by atoms with Crippen LogP contribution in [0.4, 0.5) is 0 Å². The van der Waals surface area contributed by atoms with Gasteiger partial charge in [-0.25, -0.2) is 0 Å². The zero-order chi connectivity index (χ0) is 10.4. The van der Waals surface area contributed by atoms with Gasteiger partial charge in [-0.1, -0.05) is 0 Å². The Balaban J connectivity index is 2.27. The molecule has 1 heterocycles. The molecule has 3 heteroatoms. The van der Waals surface area contributed by atoms with Gasteiger partial charge in [0, 0.05) is 25.7 Å². The van der Waals surface area contributed by atoms with Crippen LogP contribution in [0.25, 0.3) is 0 Å². The van der Waals surface area contributed by atoms with E-state index in [2.05, 4.69) is 31.0 Å². The van der Waals surface area contributed by atoms with Crippen molar-refractivity contribution in [3.63, 3.8) is 0 Å². The maximum Gasteiger partial charge on any atom is 0.0673 e. The maximum absolute atomic E-state index is 5.56. The van der Waals surface area contributed by atoms with E-state index < -0.39 is 0 Å². The maximum atomic E-state index is 5.56. The Morgan fingerprint density at radius 1 is 1.57 bits per heavy atom. The molecule has 0 bridgehead atoms. The van der Waals surface area contributed by atoms with Gasteiger partial charge >= 0.3 is 0 Å². The number of hydrogen-bond donors (Lipinski definition) is 1. The molecule has 0 aliphatic carbocycles. The minimum Gasteiger partial charge on any atom is -0.377 e. The molecule has 84 valence electrons. The highest BCUT2D eigenvalue weighted by molar-refractivity contribution is 4.74. The monoisotopic (exact) mass is 200 g/mol. The van der Waals surface area contributed by atoms with Crippen LogP contribution in [0.3, 0.4) is 0 Å². The number of rotatable bonds is 4. The van der Waals surface area contributed by atoms with Crippen LogP contribution >= 0.6 is 0 Å². The van der Waals surface area contributed by atoms with E-state index >= 15 is 0 Å². The third-order valence-electron chi connectivity index (χ3n) is 2.64. The molecule has 0 aromatic heterocycles. The lowest BCUT2D eigenvalue weighted by Gasteiger charge is -2.25. The van der Waals surface area contributed by atoms with Crippen molar-refractivity contribution in [3.8, 4) is 0 Å². The molecule has 2 unspecified atom stereocenters. The largest absolute Gasteiger partial charge is 0.377 e. The van der Waals surface area contributed by atoms with Crippen LogP contribution < -0.4 is 5.32 Å². The van der Waals surface area contributed by atoms with Crippen molar-refractivity contribution in [2.24, 2.45) is 0 Å². The predicted octanol–water partition coefficient (Wildman–Crippen LogP) is 1.10. The smallest absolute Gasteiger partial charge is 0.0673 e. The van der Waals surface area contributed by atoms with Crippen molar-refractivity contribution in [3.05, 3.63) is 0 Å². The number of nitrogens with one attached hydrogen (secondary N) is 1. The van der Waals surface area contributed by atoms with E-state index in [1.165, 1.54) is 13.0 Å². The SMILES string of the molecule is CCOC(C)CN1CCCNC(C)C1. The second kappa shape index (κ2) is 6.38. The lowest BCUT2D eigenvalue weighted by Crippen LogP contribution is -2.39. The normalized spacial score (nSPS) is 27.2. The van der Waals surface area contributed by atoms with Crippen LogP contribution in [0, 0.1) is 0 Å². The zero-order valence-electron chi connectivity index (χ0n) is 9.75. The Hall–Kier alpha value is -0.120. The summed E-state index contributed by atoms with van der Waals surface area (Å²) < 4.78 is 5.56. The van der Waals surface area contributed by atoms with Gasteiger partial charge in [0.1, 0.15) is 0 Å². The van der Waals surface area contributed by atoms with E-state index in [-0.39, 0.29) is 0 Å². The van der Waals surface area contributed by atoms with Gasteiger partial charge in [-0.2, -0.15) is 0 Å². The molecule has 14 heavy (non-hydrogen) atoms. The summed E-state index contributed by atoms with van der Waals surface area (Å²) in [6.07, 6.45) is 1.62. The van der Waals surface area contributed by atoms with Gasteiger partial charge in [0.25, 0.3) is 0 Å². The Bertz CT molecular complexity index is 152. The van der Waals surface area contributed by atoms with Crippen molar-refractivity contribution < 1.29 is 4.74 Å². The summed E-state index contributed by atoms with van der Waals surface area (Å²) in [5, 5.41) is 3.50. The zero-order valence-corrected chi connectivity index (χ0v) is 9.75. The fourth-order valence-corrected chi connectivity index (χ4v) is 2.06. The fraction of sp³-hybridized carbons (Fsp3) is 1.00. The van der Waals surface area contributed by atoms with Crippen molar-refractivity contribution >= 4 is 0 Å². The van der Waals surface area contributed by atoms with Crippen LogP contribution in [0.1, 0.15) is 27.2 Å². The van der Waals surface area contributed by atoms with Gasteiger partial charge in [0.15, 0.2) is 0 Å². The first kappa shape index (κ1) is 12.0. The molecule has 1 aliphatic rings. The van der Waals surface area contributed by atoms with Gasteiger partial charge in [0.2, 0.25) is 0 Å². The van der Waals surface area contributed by atoms with Crippen LogP contribution in [-0.4, -0.2) is 49.8 Å². The summed E-state index contributed by atoms with van der Waals surface area (Å²) in [7, 11) is 0. The third-order valence-corrected chi connectivity index (χ3v) is 2.64. The molecule has 1 N–H and O–H groups in total. The Kier molecular flexibility index (Phi) is 5.45. The first-order valence-electron chi connectivity index (χ1n) is 5.79. The summed E-state index contributed by atoms with van der Waals surface area (Å²) >= 11 is 0. The van der Waals surface area contributed by atoms with E-state index in [1.54, 1.807) is 0 Å². The second-order valence-electron chi connectivity index (χ2n) is 4.23. The first-order valence-corrected chi connectivity index (χ1v) is 5.79. The first-order chi connectivity index (χ1) is 6.72. The molecule has 0 aromatic rings. The molecule has 1 aliphatic heterocycles. The average Bonchev–Trinajstić information content (AvgIpc) is 2.30. The van der Waals surface area contributed by atoms with E-state index in [0.717, 1.165) is 26.2 Å². The molecule has 1 saturated heterocycles. The van der Waals surface area contributed by atoms with Crippen molar-refractivity contribution in [2.75, 3.05) is 32.8 Å². The number of ether oxygens (including phenoxy) is 1. The van der Waals surface area contributed by atoms with Gasteiger partial charge in [-0.15, -0.1) is 0 Å². The standard InChI is InChI=1S/C11H24N2O/c1-4-14-11(3)9-13-7-5-6-12-10(2)8-13/h10-12H,4-9H2,1-3H3. The minimum atomic E-state index is 0.366. The Labute approximate surface area is 87.8 Å². The summed E-state index contributed by atoms with van der Waals surface area (Å²) in [4.78, 5) is 2.50. The number of nitrogens with zero attached hydrogens (tertiary/aromatic N) is 1. The van der Waals surface area contributed by atoms with E-state index in [4.69, 9.17) is 4.74 Å². The van der Waals surface area contributed by atoms with E-state index in [0.29, 0.717) is 12.1 Å². The summed E-state index contributed by atoms with van der Waals surface area (Å²) in [5.41, 5.74) is 0. The van der Waals surface area contributed by atoms with Crippen molar-refractivity contribution in [1.82, 2.24) is 10.2 Å². The predicted molar refractivity (Wildman–Crippen MR) is 59.6 cm³/mol. The highest BCUT2D eigenvalue weighted by Gasteiger charge is 2.15. The van der Waals surface area contributed by atoms with Crippen molar-refractivity contribution in [2.45, 2.75) is 39.3 Å². The summed E-state index contributed by atoms with van der Waals surface area (Å²) in [6.45, 7) is 11.9. The van der Waals surface area contributed by atoms with Crippen molar-refractivity contribution in [1.29, 1.82) is 0 Å². The molecule has 1 rings (SSSR count). The molecule has 3 nitrogen and oxygen atoms in total. The van der Waals surface area contributed by atoms with E-state index in [1.807, 2.05) is 0 Å². The lowest BCUT2D eigenvalue weighted by atomic mass is 10.3. The van der Waals surface area contributed by atoms with Gasteiger partial charge < -0.3 is 10.1 Å². The third kappa shape index (κ3) is 4.40. The topological polar surface area (TPSA) is 24.5 Å². The van der Waals surface area contributed by atoms with E-state index in [9.17, 15) is 0 Å². The highest BCUT2D eigenvalue weighted by Crippen LogP contribution is 2.03. The van der Waals surface area contributed by atoms with Gasteiger partial charge in [0.05, 0.1) is 6.10 Å².